The van der Waals surface area contributed by atoms with Gasteiger partial charge in [-0.25, -0.2) is 9.59 Å². The molecule has 1 amide bonds. The van der Waals surface area contributed by atoms with Gasteiger partial charge in [0.1, 0.15) is 18.1 Å². The lowest BCUT2D eigenvalue weighted by Gasteiger charge is -2.27. The zero-order valence-electron chi connectivity index (χ0n) is 19.6. The first-order valence-corrected chi connectivity index (χ1v) is 12.3. The number of anilines is 1. The molecule has 3 rings (SSSR count). The summed E-state index contributed by atoms with van der Waals surface area (Å²) in [7, 11) is 0. The summed E-state index contributed by atoms with van der Waals surface area (Å²) in [6.45, 7) is -0.192. The van der Waals surface area contributed by atoms with E-state index in [9.17, 15) is 19.8 Å². The number of para-hydroxylation sites is 2. The van der Waals surface area contributed by atoms with Crippen LogP contribution >= 0.6 is 11.8 Å². The summed E-state index contributed by atoms with van der Waals surface area (Å²) in [6.07, 6.45) is 1.31. The zero-order chi connectivity index (χ0) is 25.8. The normalized spacial score (nSPS) is 12.5. The molecule has 0 radical (unpaired) electrons. The van der Waals surface area contributed by atoms with Crippen molar-refractivity contribution in [2.45, 2.75) is 17.1 Å². The fraction of sp³-hybridized carbons (Fsp3) is 0.185. The number of aliphatic hydroxyl groups is 1. The second-order valence-corrected chi connectivity index (χ2v) is 8.26. The predicted octanol–water partition coefficient (Wildman–Crippen LogP) is 5.16. The van der Waals surface area contributed by atoms with Crippen LogP contribution in [-0.2, 0) is 9.53 Å². The van der Waals surface area contributed by atoms with Gasteiger partial charge in [0.25, 0.3) is 0 Å². The van der Waals surface area contributed by atoms with E-state index >= 15 is 0 Å². The van der Waals surface area contributed by atoms with Crippen LogP contribution in [0.15, 0.2) is 95.9 Å². The van der Waals surface area contributed by atoms with Crippen LogP contribution in [0.25, 0.3) is 0 Å². The lowest BCUT2D eigenvalue weighted by molar-refractivity contribution is -0.131. The van der Waals surface area contributed by atoms with Gasteiger partial charge < -0.3 is 24.4 Å². The maximum Gasteiger partial charge on any atom is 0.412 e. The molecule has 2 atom stereocenters. The molecule has 3 N–H and O–H groups in total. The van der Waals surface area contributed by atoms with E-state index in [4.69, 9.17) is 14.2 Å². The van der Waals surface area contributed by atoms with Gasteiger partial charge in [-0.05, 0) is 54.8 Å². The molecule has 0 saturated heterocycles. The van der Waals surface area contributed by atoms with E-state index in [0.717, 1.165) is 11.0 Å². The van der Waals surface area contributed by atoms with Gasteiger partial charge in [-0.15, -0.1) is 11.8 Å². The van der Waals surface area contributed by atoms with E-state index in [0.29, 0.717) is 22.7 Å². The Morgan fingerprint density at radius 2 is 1.69 bits per heavy atom. The largest absolute Gasteiger partial charge is 0.491 e. The van der Waals surface area contributed by atoms with Gasteiger partial charge >= 0.3 is 12.1 Å². The molecule has 0 unspecified atom stereocenters. The van der Waals surface area contributed by atoms with Crippen LogP contribution in [0.1, 0.15) is 11.7 Å². The summed E-state index contributed by atoms with van der Waals surface area (Å²) in [5, 5.41) is 21.2. The second-order valence-electron chi connectivity index (χ2n) is 7.38. The summed E-state index contributed by atoms with van der Waals surface area (Å²) >= 11 is 1.58. The van der Waals surface area contributed by atoms with Gasteiger partial charge in [0.05, 0.1) is 6.61 Å². The molecular formula is C27H27NO7S. The number of carboxylic acid groups (broad SMARTS) is 1. The molecule has 0 bridgehead atoms. The topological polar surface area (TPSA) is 114 Å². The number of ether oxygens (including phenoxy) is 3. The summed E-state index contributed by atoms with van der Waals surface area (Å²) in [4.78, 5) is 25.3. The molecule has 0 heterocycles. The van der Waals surface area contributed by atoms with E-state index in [1.54, 1.807) is 72.4 Å². The third-order valence-electron chi connectivity index (χ3n) is 4.89. The number of amides is 1. The van der Waals surface area contributed by atoms with Crippen molar-refractivity contribution in [3.8, 4) is 11.5 Å². The lowest BCUT2D eigenvalue weighted by Crippen LogP contribution is -2.30. The van der Waals surface area contributed by atoms with Gasteiger partial charge in [-0.1, -0.05) is 36.4 Å². The summed E-state index contributed by atoms with van der Waals surface area (Å²) < 4.78 is 17.5. The molecular weight excluding hydrogens is 482 g/mol. The Morgan fingerprint density at radius 3 is 2.36 bits per heavy atom. The molecule has 8 nitrogen and oxygen atoms in total. The molecule has 0 fully saturated rings. The first kappa shape index (κ1) is 26.7. The first-order chi connectivity index (χ1) is 17.5. The number of carbonyl (C=O) groups excluding carboxylic acids is 1. The van der Waals surface area contributed by atoms with Gasteiger partial charge in [0, 0.05) is 22.2 Å². The lowest BCUT2D eigenvalue weighted by atomic mass is 10.0. The number of aliphatic carboxylic acids is 1. The van der Waals surface area contributed by atoms with Crippen molar-refractivity contribution in [1.29, 1.82) is 0 Å². The van der Waals surface area contributed by atoms with Crippen LogP contribution < -0.4 is 14.8 Å². The Kier molecular flexibility index (Phi) is 10.2. The Bertz CT molecular complexity index is 1150. The highest BCUT2D eigenvalue weighted by molar-refractivity contribution is 7.98. The number of nitrogens with one attached hydrogen (secondary N) is 1. The van der Waals surface area contributed by atoms with E-state index in [2.05, 4.69) is 5.32 Å². The number of aliphatic hydroxyl groups excluding tert-OH is 1. The average Bonchev–Trinajstić information content (AvgIpc) is 2.90. The van der Waals surface area contributed by atoms with Crippen LogP contribution in [0, 0.1) is 0 Å². The molecule has 0 aliphatic carbocycles. The number of carboxylic acids is 1. The van der Waals surface area contributed by atoms with Gasteiger partial charge in [0.2, 0.25) is 0 Å². The molecule has 0 aliphatic rings. The molecule has 0 saturated carbocycles. The fourth-order valence-electron chi connectivity index (χ4n) is 3.28. The molecule has 0 spiro atoms. The average molecular weight is 510 g/mol. The number of hydrogen-bond acceptors (Lipinski definition) is 7. The highest BCUT2D eigenvalue weighted by Crippen LogP contribution is 2.33. The van der Waals surface area contributed by atoms with Crippen molar-refractivity contribution < 1.29 is 34.0 Å². The third kappa shape index (κ3) is 8.07. The summed E-state index contributed by atoms with van der Waals surface area (Å²) in [5.41, 5.74) is 0.970. The minimum absolute atomic E-state index is 0.0207. The van der Waals surface area contributed by atoms with Crippen LogP contribution in [0.3, 0.4) is 0 Å². The summed E-state index contributed by atoms with van der Waals surface area (Å²) in [5.74, 6) is -0.370. The van der Waals surface area contributed by atoms with Gasteiger partial charge in [0.15, 0.2) is 12.2 Å². The van der Waals surface area contributed by atoms with Crippen molar-refractivity contribution in [2.24, 2.45) is 0 Å². The Morgan fingerprint density at radius 1 is 1.00 bits per heavy atom. The zero-order valence-corrected chi connectivity index (χ0v) is 20.4. The standard InChI is InChI=1S/C27H27NO7S/c1-36-21-13-11-19(12-14-21)28-27(32)35-26(22-9-5-6-10-23(22)33-18-17-29)24(15-16-25(30)31)34-20-7-3-2-4-8-20/h2-16,24,26,29H,17-18H2,1H3,(H,28,32)(H,30,31)/b16-15+/t24-,26-/m1/s1. The van der Waals surface area contributed by atoms with E-state index in [-0.39, 0.29) is 13.2 Å². The number of rotatable bonds is 12. The maximum atomic E-state index is 13.0. The van der Waals surface area contributed by atoms with Gasteiger partial charge in [-0.2, -0.15) is 0 Å². The highest BCUT2D eigenvalue weighted by atomic mass is 32.2. The number of thioether (sulfide) groups is 1. The van der Waals surface area contributed by atoms with Crippen molar-refractivity contribution >= 4 is 29.5 Å². The Balaban J connectivity index is 1.96. The molecule has 3 aromatic carbocycles. The predicted molar refractivity (Wildman–Crippen MR) is 138 cm³/mol. The summed E-state index contributed by atoms with van der Waals surface area (Å²) in [6, 6.07) is 22.8. The van der Waals surface area contributed by atoms with E-state index in [1.807, 2.05) is 24.5 Å². The molecule has 188 valence electrons. The SMILES string of the molecule is CSc1ccc(NC(=O)O[C@H](c2ccccc2OCCO)[C@@H](/C=C/C(=O)O)Oc2ccccc2)cc1. The van der Waals surface area contributed by atoms with Crippen LogP contribution in [0.2, 0.25) is 0 Å². The first-order valence-electron chi connectivity index (χ1n) is 11.1. The molecule has 3 aromatic rings. The van der Waals surface area contributed by atoms with Crippen molar-refractivity contribution in [3.63, 3.8) is 0 Å². The minimum atomic E-state index is -1.18. The van der Waals surface area contributed by atoms with Crippen LogP contribution in [-0.4, -0.2) is 47.8 Å². The Labute approximate surface area is 213 Å². The van der Waals surface area contributed by atoms with Crippen molar-refractivity contribution in [2.75, 3.05) is 24.8 Å². The quantitative estimate of drug-likeness (QED) is 0.227. The van der Waals surface area contributed by atoms with Crippen LogP contribution in [0.4, 0.5) is 10.5 Å². The maximum absolute atomic E-state index is 13.0. The van der Waals surface area contributed by atoms with Crippen molar-refractivity contribution in [3.05, 3.63) is 96.6 Å². The van der Waals surface area contributed by atoms with E-state index < -0.39 is 24.3 Å². The number of benzene rings is 3. The van der Waals surface area contributed by atoms with E-state index in [1.165, 1.54) is 6.08 Å². The smallest absolute Gasteiger partial charge is 0.412 e. The van der Waals surface area contributed by atoms with Gasteiger partial charge in [-0.3, -0.25) is 5.32 Å². The molecule has 9 heteroatoms. The molecule has 0 aromatic heterocycles. The number of hydrogen-bond donors (Lipinski definition) is 3. The monoisotopic (exact) mass is 509 g/mol. The molecule has 0 aliphatic heterocycles. The minimum Gasteiger partial charge on any atom is -0.491 e. The highest BCUT2D eigenvalue weighted by Gasteiger charge is 2.30. The third-order valence-corrected chi connectivity index (χ3v) is 5.63. The Hall–Kier alpha value is -3.95. The van der Waals surface area contributed by atoms with Crippen molar-refractivity contribution in [1.82, 2.24) is 0 Å². The van der Waals surface area contributed by atoms with Crippen LogP contribution in [0.5, 0.6) is 11.5 Å². The fourth-order valence-corrected chi connectivity index (χ4v) is 3.69. The number of carbonyl (C=O) groups is 2. The molecule has 36 heavy (non-hydrogen) atoms. The second kappa shape index (κ2) is 13.8.